The molecule has 0 bridgehead atoms. The first-order valence-corrected chi connectivity index (χ1v) is 13.7. The van der Waals surface area contributed by atoms with Crippen LogP contribution in [0.25, 0.3) is 0 Å². The number of carboxylic acid groups (broad SMARTS) is 1. The molecule has 3 aliphatic rings. The van der Waals surface area contributed by atoms with E-state index in [4.69, 9.17) is 4.74 Å². The number of nitrogens with one attached hydrogen (secondary N) is 1. The molecule has 12 nitrogen and oxygen atoms in total. The zero-order chi connectivity index (χ0) is 28.7. The second-order valence-electron chi connectivity index (χ2n) is 10.6. The number of carbonyl (C=O) groups excluding carboxylic acids is 1. The third-order valence-electron chi connectivity index (χ3n) is 8.14. The molecule has 3 aromatic rings. The van der Waals surface area contributed by atoms with Crippen molar-refractivity contribution >= 4 is 41.0 Å². The van der Waals surface area contributed by atoms with Crippen LogP contribution in [-0.2, 0) is 6.54 Å². The molecule has 4 heterocycles. The summed E-state index contributed by atoms with van der Waals surface area (Å²) < 4.78 is 5.49. The van der Waals surface area contributed by atoms with Gasteiger partial charge in [0.25, 0.3) is 0 Å². The molecule has 1 aromatic heterocycles. The van der Waals surface area contributed by atoms with Crippen LogP contribution in [0.1, 0.15) is 23.6 Å². The van der Waals surface area contributed by atoms with E-state index in [1.54, 1.807) is 24.2 Å². The summed E-state index contributed by atoms with van der Waals surface area (Å²) in [6.07, 6.45) is 1.16. The minimum atomic E-state index is -1.05. The molecule has 0 spiro atoms. The lowest BCUT2D eigenvalue weighted by molar-refractivity contribution is 0.166. The fourth-order valence-electron chi connectivity index (χ4n) is 5.88. The predicted octanol–water partition coefficient (Wildman–Crippen LogP) is 3.98. The van der Waals surface area contributed by atoms with Gasteiger partial charge in [-0.2, -0.15) is 4.98 Å². The maximum Gasteiger partial charge on any atom is 0.411 e. The average molecular weight is 559 g/mol. The molecular weight excluding hydrogens is 524 g/mol. The number of hydrogen-bond donors (Lipinski definition) is 2. The molecule has 1 atom stereocenters. The van der Waals surface area contributed by atoms with Gasteiger partial charge >= 0.3 is 12.1 Å². The molecule has 3 aliphatic heterocycles. The average Bonchev–Trinajstić information content (AvgIpc) is 2.99. The summed E-state index contributed by atoms with van der Waals surface area (Å²) >= 11 is 0. The van der Waals surface area contributed by atoms with E-state index in [1.165, 1.54) is 22.6 Å². The van der Waals surface area contributed by atoms with Gasteiger partial charge in [0.05, 0.1) is 25.4 Å². The third kappa shape index (κ3) is 4.95. The summed E-state index contributed by atoms with van der Waals surface area (Å²) in [4.78, 5) is 44.1. The van der Waals surface area contributed by atoms with Crippen molar-refractivity contribution in [2.24, 2.45) is 0 Å². The molecule has 214 valence electrons. The Balaban J connectivity index is 1.21. The van der Waals surface area contributed by atoms with Crippen LogP contribution in [0.15, 0.2) is 48.7 Å². The number of aromatic nitrogens is 2. The van der Waals surface area contributed by atoms with Crippen LogP contribution in [0.3, 0.4) is 0 Å². The number of methoxy groups -OCH3 is 1. The van der Waals surface area contributed by atoms with Crippen molar-refractivity contribution in [2.45, 2.75) is 19.0 Å². The van der Waals surface area contributed by atoms with Crippen molar-refractivity contribution < 1.29 is 19.4 Å². The van der Waals surface area contributed by atoms with E-state index in [2.05, 4.69) is 44.3 Å². The second-order valence-corrected chi connectivity index (χ2v) is 10.6. The molecule has 1 saturated heterocycles. The first-order chi connectivity index (χ1) is 19.8. The highest BCUT2D eigenvalue weighted by Gasteiger charge is 2.40. The van der Waals surface area contributed by atoms with Gasteiger partial charge < -0.3 is 29.9 Å². The Morgan fingerprint density at radius 2 is 1.80 bits per heavy atom. The highest BCUT2D eigenvalue weighted by Crippen LogP contribution is 2.45. The molecule has 0 saturated carbocycles. The summed E-state index contributed by atoms with van der Waals surface area (Å²) in [6, 6.07) is 13.1. The van der Waals surface area contributed by atoms with Crippen molar-refractivity contribution in [3.63, 3.8) is 0 Å². The smallest absolute Gasteiger partial charge is 0.411 e. The van der Waals surface area contributed by atoms with Gasteiger partial charge in [-0.05, 0) is 43.8 Å². The standard InChI is InChI=1S/C29H34N8O4/c1-33-13-15-35(16-14-33)21-9-7-20(8-10-21)31-27-30-17-19-18-37(28(38)34(2)26(19)32-27)23-11-12-36(29(39)40)25-22(23)5-4-6-24(25)41-3/h4-10,17,23H,11-16,18H2,1-3H3,(H,39,40)(H,30,31,32). The number of rotatable bonds is 5. The number of nitrogens with zero attached hydrogens (tertiary/aromatic N) is 7. The zero-order valence-electron chi connectivity index (χ0n) is 23.4. The molecule has 2 aromatic carbocycles. The largest absolute Gasteiger partial charge is 0.495 e. The van der Waals surface area contributed by atoms with Crippen LogP contribution in [-0.4, -0.2) is 90.9 Å². The number of carbonyl (C=O) groups is 2. The van der Waals surface area contributed by atoms with E-state index < -0.39 is 6.09 Å². The Morgan fingerprint density at radius 1 is 1.05 bits per heavy atom. The SMILES string of the molecule is COc1cccc2c1N(C(=O)O)CCC2N1Cc2cnc(Nc3ccc(N4CCN(C)CC4)cc3)nc2N(C)C1=O. The number of hydrogen-bond acceptors (Lipinski definition) is 8. The van der Waals surface area contributed by atoms with Crippen molar-refractivity contribution in [3.8, 4) is 5.75 Å². The Hall–Kier alpha value is -4.58. The number of likely N-dealkylation sites (N-methyl/N-ethyl adjacent to an activating group) is 1. The lowest BCUT2D eigenvalue weighted by atomic mass is 9.94. The van der Waals surface area contributed by atoms with E-state index in [0.717, 1.165) is 43.0 Å². The molecule has 0 aliphatic carbocycles. The lowest BCUT2D eigenvalue weighted by Gasteiger charge is -2.43. The number of piperazine rings is 1. The molecule has 41 heavy (non-hydrogen) atoms. The van der Waals surface area contributed by atoms with Crippen LogP contribution in [0, 0.1) is 0 Å². The zero-order valence-corrected chi connectivity index (χ0v) is 23.4. The monoisotopic (exact) mass is 558 g/mol. The van der Waals surface area contributed by atoms with Gasteiger partial charge in [0.1, 0.15) is 11.6 Å². The van der Waals surface area contributed by atoms with E-state index in [0.29, 0.717) is 36.2 Å². The van der Waals surface area contributed by atoms with Gasteiger partial charge in [0.15, 0.2) is 0 Å². The highest BCUT2D eigenvalue weighted by atomic mass is 16.5. The second kappa shape index (κ2) is 10.8. The molecule has 1 unspecified atom stereocenters. The first kappa shape index (κ1) is 26.6. The maximum absolute atomic E-state index is 13.6. The minimum absolute atomic E-state index is 0.207. The first-order valence-electron chi connectivity index (χ1n) is 13.7. The summed E-state index contributed by atoms with van der Waals surface area (Å²) in [5.41, 5.74) is 4.09. The van der Waals surface area contributed by atoms with Gasteiger partial charge in [0, 0.05) is 68.5 Å². The van der Waals surface area contributed by atoms with Crippen molar-refractivity contribution in [1.82, 2.24) is 19.8 Å². The lowest BCUT2D eigenvalue weighted by Crippen LogP contribution is -2.49. The fourth-order valence-corrected chi connectivity index (χ4v) is 5.88. The fraction of sp³-hybridized carbons (Fsp3) is 0.379. The van der Waals surface area contributed by atoms with Crippen LogP contribution in [0.5, 0.6) is 5.75 Å². The number of fused-ring (bicyclic) bond motifs is 2. The summed E-state index contributed by atoms with van der Waals surface area (Å²) in [6.45, 7) is 4.68. The Bertz CT molecular complexity index is 1460. The van der Waals surface area contributed by atoms with Crippen LogP contribution in [0.4, 0.5) is 38.4 Å². The molecule has 1 fully saturated rings. The minimum Gasteiger partial charge on any atom is -0.495 e. The van der Waals surface area contributed by atoms with Gasteiger partial charge in [-0.25, -0.2) is 14.6 Å². The van der Waals surface area contributed by atoms with Crippen LogP contribution < -0.4 is 24.8 Å². The normalized spacial score (nSPS) is 19.1. The topological polar surface area (TPSA) is 118 Å². The quantitative estimate of drug-likeness (QED) is 0.479. The van der Waals surface area contributed by atoms with Crippen molar-refractivity contribution in [1.29, 1.82) is 0 Å². The van der Waals surface area contributed by atoms with Crippen LogP contribution in [0.2, 0.25) is 0 Å². The summed E-state index contributed by atoms with van der Waals surface area (Å²) in [5, 5.41) is 13.1. The van der Waals surface area contributed by atoms with Gasteiger partial charge in [-0.1, -0.05) is 12.1 Å². The van der Waals surface area contributed by atoms with E-state index in [9.17, 15) is 14.7 Å². The molecule has 12 heteroatoms. The van der Waals surface area contributed by atoms with Gasteiger partial charge in [-0.15, -0.1) is 0 Å². The Kier molecular flexibility index (Phi) is 7.00. The number of anilines is 5. The Morgan fingerprint density at radius 3 is 2.51 bits per heavy atom. The number of amides is 3. The summed E-state index contributed by atoms with van der Waals surface area (Å²) in [7, 11) is 5.36. The molecule has 0 radical (unpaired) electrons. The molecule has 2 N–H and O–H groups in total. The number of benzene rings is 2. The molecule has 3 amide bonds. The van der Waals surface area contributed by atoms with Gasteiger partial charge in [-0.3, -0.25) is 9.80 Å². The maximum atomic E-state index is 13.6. The predicted molar refractivity (Wildman–Crippen MR) is 157 cm³/mol. The highest BCUT2D eigenvalue weighted by molar-refractivity contribution is 5.95. The number of urea groups is 1. The molecular formula is C29H34N8O4. The van der Waals surface area contributed by atoms with E-state index in [-0.39, 0.29) is 18.6 Å². The van der Waals surface area contributed by atoms with Crippen molar-refractivity contribution in [2.75, 3.05) is 73.9 Å². The van der Waals surface area contributed by atoms with E-state index in [1.807, 2.05) is 24.3 Å². The number of ether oxygens (including phenoxy) is 1. The third-order valence-corrected chi connectivity index (χ3v) is 8.14. The molecule has 6 rings (SSSR count). The van der Waals surface area contributed by atoms with Crippen molar-refractivity contribution in [3.05, 3.63) is 59.8 Å². The summed E-state index contributed by atoms with van der Waals surface area (Å²) in [5.74, 6) is 1.42. The van der Waals surface area contributed by atoms with Gasteiger partial charge in [0.2, 0.25) is 5.95 Å². The van der Waals surface area contributed by atoms with Crippen LogP contribution >= 0.6 is 0 Å². The van der Waals surface area contributed by atoms with E-state index >= 15 is 0 Å². The number of para-hydroxylation sites is 1. The Labute approximate surface area is 238 Å².